The molecule has 33 heavy (non-hydrogen) atoms. The van der Waals surface area contributed by atoms with Gasteiger partial charge in [-0.1, -0.05) is 12.1 Å². The van der Waals surface area contributed by atoms with Gasteiger partial charge in [0, 0.05) is 37.5 Å². The molecule has 2 unspecified atom stereocenters. The maximum absolute atomic E-state index is 13.1. The molecule has 10 heteroatoms. The molecule has 2 aromatic carbocycles. The standard InChI is InChI=1S/C23H29N3O6S/c1-16-13-26(14-17(2)32-16)33(29,30)21-10-5-7-18(11-21)23(28)25(3)15-22(27)24-19-8-6-9-20(12-19)31-4/h5-12,16-17H,13-15H2,1-4H3,(H,24,27). The molecule has 0 radical (unpaired) electrons. The number of carbonyl (C=O) groups excluding carboxylic acids is 2. The number of likely N-dealkylation sites (N-methyl/N-ethyl adjacent to an activating group) is 1. The monoisotopic (exact) mass is 475 g/mol. The van der Waals surface area contributed by atoms with E-state index in [1.165, 1.54) is 47.6 Å². The normalized spacial score (nSPS) is 19.0. The second-order valence-electron chi connectivity index (χ2n) is 8.05. The molecule has 0 bridgehead atoms. The molecule has 3 rings (SSSR count). The highest BCUT2D eigenvalue weighted by Crippen LogP contribution is 2.22. The number of rotatable bonds is 7. The Bertz CT molecular complexity index is 1110. The summed E-state index contributed by atoms with van der Waals surface area (Å²) in [5.74, 6) is -0.255. The average molecular weight is 476 g/mol. The Morgan fingerprint density at radius 1 is 1.12 bits per heavy atom. The quantitative estimate of drug-likeness (QED) is 0.658. The van der Waals surface area contributed by atoms with E-state index < -0.39 is 15.9 Å². The first-order valence-corrected chi connectivity index (χ1v) is 12.0. The van der Waals surface area contributed by atoms with Crippen LogP contribution in [0.15, 0.2) is 53.4 Å². The second-order valence-corrected chi connectivity index (χ2v) is 9.99. The molecule has 1 heterocycles. The molecule has 0 aromatic heterocycles. The van der Waals surface area contributed by atoms with Crippen molar-refractivity contribution in [3.63, 3.8) is 0 Å². The molecular weight excluding hydrogens is 446 g/mol. The summed E-state index contributed by atoms with van der Waals surface area (Å²) in [6, 6.07) is 12.7. The van der Waals surface area contributed by atoms with Gasteiger partial charge in [-0.25, -0.2) is 8.42 Å². The van der Waals surface area contributed by atoms with Crippen molar-refractivity contribution < 1.29 is 27.5 Å². The Balaban J connectivity index is 1.69. The lowest BCUT2D eigenvalue weighted by molar-refractivity contribution is -0.116. The third-order valence-corrected chi connectivity index (χ3v) is 7.01. The highest BCUT2D eigenvalue weighted by atomic mass is 32.2. The van der Waals surface area contributed by atoms with Gasteiger partial charge in [-0.15, -0.1) is 0 Å². The summed E-state index contributed by atoms with van der Waals surface area (Å²) in [6.45, 7) is 3.93. The number of methoxy groups -OCH3 is 1. The molecule has 178 valence electrons. The van der Waals surface area contributed by atoms with Gasteiger partial charge in [0.25, 0.3) is 5.91 Å². The molecule has 0 aliphatic carbocycles. The SMILES string of the molecule is COc1cccc(NC(=O)CN(C)C(=O)c2cccc(S(=O)(=O)N3CC(C)OC(C)C3)c2)c1. The Kier molecular flexibility index (Phi) is 7.72. The number of nitrogens with zero attached hydrogens (tertiary/aromatic N) is 2. The number of hydrogen-bond acceptors (Lipinski definition) is 6. The van der Waals surface area contributed by atoms with Crippen molar-refractivity contribution in [2.75, 3.05) is 39.1 Å². The number of ether oxygens (including phenoxy) is 2. The Hall–Kier alpha value is -2.95. The van der Waals surface area contributed by atoms with E-state index in [1.807, 2.05) is 13.8 Å². The number of sulfonamides is 1. The van der Waals surface area contributed by atoms with E-state index in [1.54, 1.807) is 24.3 Å². The molecule has 1 saturated heterocycles. The number of carbonyl (C=O) groups is 2. The predicted molar refractivity (Wildman–Crippen MR) is 124 cm³/mol. The summed E-state index contributed by atoms with van der Waals surface area (Å²) >= 11 is 0. The van der Waals surface area contributed by atoms with Gasteiger partial charge in [0.15, 0.2) is 0 Å². The van der Waals surface area contributed by atoms with E-state index in [0.717, 1.165) is 0 Å². The van der Waals surface area contributed by atoms with Crippen LogP contribution in [0.25, 0.3) is 0 Å². The smallest absolute Gasteiger partial charge is 0.254 e. The van der Waals surface area contributed by atoms with Crippen molar-refractivity contribution in [1.29, 1.82) is 0 Å². The molecule has 0 saturated carbocycles. The minimum absolute atomic E-state index is 0.0314. The van der Waals surface area contributed by atoms with Crippen molar-refractivity contribution in [2.45, 2.75) is 31.0 Å². The van der Waals surface area contributed by atoms with Crippen LogP contribution in [0.1, 0.15) is 24.2 Å². The van der Waals surface area contributed by atoms with Gasteiger partial charge in [-0.05, 0) is 44.2 Å². The predicted octanol–water partition coefficient (Wildman–Crippen LogP) is 2.20. The number of benzene rings is 2. The summed E-state index contributed by atoms with van der Waals surface area (Å²) in [5.41, 5.74) is 0.726. The van der Waals surface area contributed by atoms with Gasteiger partial charge in [0.05, 0.1) is 30.8 Å². The lowest BCUT2D eigenvalue weighted by Crippen LogP contribution is -2.48. The van der Waals surface area contributed by atoms with E-state index in [-0.39, 0.29) is 48.2 Å². The summed E-state index contributed by atoms with van der Waals surface area (Å²) in [6.07, 6.45) is -0.440. The van der Waals surface area contributed by atoms with Crippen LogP contribution < -0.4 is 10.1 Å². The van der Waals surface area contributed by atoms with Crippen LogP contribution in [0.3, 0.4) is 0 Å². The lowest BCUT2D eigenvalue weighted by atomic mass is 10.2. The zero-order valence-electron chi connectivity index (χ0n) is 19.1. The van der Waals surface area contributed by atoms with E-state index in [9.17, 15) is 18.0 Å². The summed E-state index contributed by atoms with van der Waals surface area (Å²) in [7, 11) is -0.773. The maximum atomic E-state index is 13.1. The van der Waals surface area contributed by atoms with Crippen LogP contribution in [0.5, 0.6) is 5.75 Å². The van der Waals surface area contributed by atoms with Crippen LogP contribution in [0, 0.1) is 0 Å². The van der Waals surface area contributed by atoms with Crippen LogP contribution in [0.4, 0.5) is 5.69 Å². The van der Waals surface area contributed by atoms with Gasteiger partial charge in [-0.2, -0.15) is 4.31 Å². The molecule has 2 amide bonds. The van der Waals surface area contributed by atoms with Gasteiger partial charge in [0.1, 0.15) is 5.75 Å². The minimum Gasteiger partial charge on any atom is -0.497 e. The zero-order valence-corrected chi connectivity index (χ0v) is 20.0. The molecule has 0 spiro atoms. The van der Waals surface area contributed by atoms with Gasteiger partial charge in [0.2, 0.25) is 15.9 Å². The van der Waals surface area contributed by atoms with E-state index >= 15 is 0 Å². The fraction of sp³-hybridized carbons (Fsp3) is 0.391. The number of morpholine rings is 1. The summed E-state index contributed by atoms with van der Waals surface area (Å²) in [4.78, 5) is 26.5. The second kappa shape index (κ2) is 10.3. The molecule has 1 N–H and O–H groups in total. The van der Waals surface area contributed by atoms with Crippen molar-refractivity contribution in [3.8, 4) is 5.75 Å². The van der Waals surface area contributed by atoms with Crippen LogP contribution in [-0.4, -0.2) is 75.4 Å². The third kappa shape index (κ3) is 6.10. The van der Waals surface area contributed by atoms with Crippen molar-refractivity contribution >= 4 is 27.5 Å². The van der Waals surface area contributed by atoms with E-state index in [4.69, 9.17) is 9.47 Å². The highest BCUT2D eigenvalue weighted by Gasteiger charge is 2.32. The molecule has 1 fully saturated rings. The average Bonchev–Trinajstić information content (AvgIpc) is 2.78. The fourth-order valence-electron chi connectivity index (χ4n) is 3.67. The first-order valence-electron chi connectivity index (χ1n) is 10.5. The first-order chi connectivity index (χ1) is 15.6. The minimum atomic E-state index is -3.79. The van der Waals surface area contributed by atoms with Crippen molar-refractivity contribution in [3.05, 3.63) is 54.1 Å². The van der Waals surface area contributed by atoms with Crippen LogP contribution in [-0.2, 0) is 19.6 Å². The fourth-order valence-corrected chi connectivity index (χ4v) is 5.31. The van der Waals surface area contributed by atoms with E-state index in [2.05, 4.69) is 5.32 Å². The Labute approximate surface area is 194 Å². The molecule has 1 aliphatic heterocycles. The number of amides is 2. The molecule has 9 nitrogen and oxygen atoms in total. The maximum Gasteiger partial charge on any atom is 0.254 e. The molecule has 1 aliphatic rings. The highest BCUT2D eigenvalue weighted by molar-refractivity contribution is 7.89. The first kappa shape index (κ1) is 24.7. The lowest BCUT2D eigenvalue weighted by Gasteiger charge is -2.34. The molecule has 2 atom stereocenters. The van der Waals surface area contributed by atoms with Crippen molar-refractivity contribution in [2.24, 2.45) is 0 Å². The van der Waals surface area contributed by atoms with Gasteiger partial charge >= 0.3 is 0 Å². The largest absolute Gasteiger partial charge is 0.497 e. The van der Waals surface area contributed by atoms with Gasteiger partial charge in [-0.3, -0.25) is 9.59 Å². The third-order valence-electron chi connectivity index (χ3n) is 5.19. The van der Waals surface area contributed by atoms with Gasteiger partial charge < -0.3 is 19.7 Å². The molecule has 2 aromatic rings. The Morgan fingerprint density at radius 3 is 2.45 bits per heavy atom. The summed E-state index contributed by atoms with van der Waals surface area (Å²) < 4.78 is 38.4. The Morgan fingerprint density at radius 2 is 1.79 bits per heavy atom. The number of nitrogens with one attached hydrogen (secondary N) is 1. The summed E-state index contributed by atoms with van der Waals surface area (Å²) in [5, 5.41) is 2.71. The van der Waals surface area contributed by atoms with Crippen LogP contribution >= 0.6 is 0 Å². The zero-order chi connectivity index (χ0) is 24.2. The molecular formula is C23H29N3O6S. The number of anilines is 1. The number of hydrogen-bond donors (Lipinski definition) is 1. The van der Waals surface area contributed by atoms with Crippen LogP contribution in [0.2, 0.25) is 0 Å². The van der Waals surface area contributed by atoms with E-state index in [0.29, 0.717) is 11.4 Å². The topological polar surface area (TPSA) is 105 Å². The van der Waals surface area contributed by atoms with Crippen molar-refractivity contribution in [1.82, 2.24) is 9.21 Å².